The Morgan fingerprint density at radius 1 is 1.55 bits per heavy atom. The zero-order valence-electron chi connectivity index (χ0n) is 10.7. The van der Waals surface area contributed by atoms with Gasteiger partial charge in [-0.1, -0.05) is 22.0 Å². The number of nitrogens with zero attached hydrogens (tertiary/aromatic N) is 1. The molecule has 0 aliphatic carbocycles. The van der Waals surface area contributed by atoms with E-state index >= 15 is 0 Å². The first-order valence-electron chi connectivity index (χ1n) is 6.20. The van der Waals surface area contributed by atoms with E-state index in [0.29, 0.717) is 13.1 Å². The number of rotatable bonds is 4. The van der Waals surface area contributed by atoms with Crippen molar-refractivity contribution in [1.29, 1.82) is 0 Å². The number of carbonyl (C=O) groups excluding carboxylic acids is 1. The van der Waals surface area contributed by atoms with Gasteiger partial charge in [0.25, 0.3) is 0 Å². The van der Waals surface area contributed by atoms with E-state index in [-0.39, 0.29) is 12.5 Å². The number of hydrogen-bond acceptors (Lipinski definition) is 3. The maximum absolute atomic E-state index is 12.0. The van der Waals surface area contributed by atoms with E-state index in [0.717, 1.165) is 16.5 Å². The van der Waals surface area contributed by atoms with Crippen LogP contribution in [0, 0.1) is 0 Å². The lowest BCUT2D eigenvalue weighted by Crippen LogP contribution is -2.49. The zero-order valence-corrected chi connectivity index (χ0v) is 12.3. The molecule has 0 saturated heterocycles. The highest BCUT2D eigenvalue weighted by molar-refractivity contribution is 9.11. The van der Waals surface area contributed by atoms with Crippen LogP contribution in [0.15, 0.2) is 33.6 Å². The van der Waals surface area contributed by atoms with Crippen molar-refractivity contribution in [2.24, 2.45) is 0 Å². The third-order valence-corrected chi connectivity index (χ3v) is 3.78. The highest BCUT2D eigenvalue weighted by Crippen LogP contribution is 2.16. The van der Waals surface area contributed by atoms with Gasteiger partial charge < -0.3 is 19.7 Å². The summed E-state index contributed by atoms with van der Waals surface area (Å²) >= 11 is 3.38. The fourth-order valence-corrected chi connectivity index (χ4v) is 2.24. The first kappa shape index (κ1) is 14.6. The summed E-state index contributed by atoms with van der Waals surface area (Å²) in [6, 6.07) is 0.356. The zero-order chi connectivity index (χ0) is 14.5. The minimum atomic E-state index is -1.06. The molecule has 20 heavy (non-hydrogen) atoms. The number of hydrogen-bond donors (Lipinski definition) is 2. The third kappa shape index (κ3) is 3.86. The molecule has 6 nitrogen and oxygen atoms in total. The Kier molecular flexibility index (Phi) is 4.84. The number of carboxylic acids is 1. The summed E-state index contributed by atoms with van der Waals surface area (Å²) in [7, 11) is 0. The highest BCUT2D eigenvalue weighted by atomic mass is 79.9. The molecular weight excluding hydrogens is 328 g/mol. The van der Waals surface area contributed by atoms with Gasteiger partial charge in [0.1, 0.15) is 6.04 Å². The smallest absolute Gasteiger partial charge is 0.326 e. The van der Waals surface area contributed by atoms with Crippen LogP contribution in [-0.2, 0) is 11.2 Å². The predicted molar refractivity (Wildman–Crippen MR) is 75.6 cm³/mol. The average molecular weight is 343 g/mol. The van der Waals surface area contributed by atoms with E-state index in [2.05, 4.69) is 21.2 Å². The fraction of sp³-hybridized carbons (Fsp3) is 0.385. The molecule has 1 aromatic heterocycles. The Labute approximate surface area is 124 Å². The predicted octanol–water partition coefficient (Wildman–Crippen LogP) is 1.97. The second-order valence-corrected chi connectivity index (χ2v) is 5.54. The molecule has 0 radical (unpaired) electrons. The first-order chi connectivity index (χ1) is 9.56. The molecule has 0 spiro atoms. The molecule has 0 saturated carbocycles. The van der Waals surface area contributed by atoms with Gasteiger partial charge in [-0.15, -0.1) is 0 Å². The monoisotopic (exact) mass is 342 g/mol. The molecule has 0 aromatic carbocycles. The van der Waals surface area contributed by atoms with E-state index in [4.69, 9.17) is 4.42 Å². The van der Waals surface area contributed by atoms with Gasteiger partial charge in [0.05, 0.1) is 12.5 Å². The van der Waals surface area contributed by atoms with Crippen LogP contribution in [0.3, 0.4) is 0 Å². The number of carbonyl (C=O) groups is 2. The van der Waals surface area contributed by atoms with Gasteiger partial charge in [-0.05, 0) is 22.5 Å². The van der Waals surface area contributed by atoms with Crippen molar-refractivity contribution in [2.75, 3.05) is 13.1 Å². The van der Waals surface area contributed by atoms with Crippen LogP contribution in [0.1, 0.15) is 12.0 Å². The lowest BCUT2D eigenvalue weighted by atomic mass is 10.1. The van der Waals surface area contributed by atoms with Gasteiger partial charge in [-0.25, -0.2) is 9.59 Å². The second kappa shape index (κ2) is 6.60. The van der Waals surface area contributed by atoms with Crippen LogP contribution in [0.5, 0.6) is 0 Å². The molecule has 2 amide bonds. The molecule has 2 N–H and O–H groups in total. The maximum atomic E-state index is 12.0. The topological polar surface area (TPSA) is 82.8 Å². The molecular formula is C13H15BrN2O4. The first-order valence-corrected chi connectivity index (χ1v) is 6.99. The Hall–Kier alpha value is -1.76. The molecule has 0 fully saturated rings. The minimum Gasteiger partial charge on any atom is -0.480 e. The van der Waals surface area contributed by atoms with Crippen molar-refractivity contribution < 1.29 is 19.1 Å². The van der Waals surface area contributed by atoms with Crippen molar-refractivity contribution >= 4 is 27.9 Å². The highest BCUT2D eigenvalue weighted by Gasteiger charge is 2.24. The lowest BCUT2D eigenvalue weighted by molar-refractivity contribution is -0.139. The standard InChI is InChI=1S/C13H15BrN2O4/c14-10-1-4-16(5-2-10)13(19)15-11(12(17)18)7-9-3-6-20-8-9/h1,3,6,8,11H,2,4-5,7H2,(H,15,19)(H,17,18). The number of nitrogens with one attached hydrogen (secondary N) is 1. The Morgan fingerprint density at radius 2 is 2.35 bits per heavy atom. The molecule has 1 aliphatic rings. The summed E-state index contributed by atoms with van der Waals surface area (Å²) < 4.78 is 5.96. The number of furan rings is 1. The van der Waals surface area contributed by atoms with E-state index in [9.17, 15) is 14.7 Å². The molecule has 7 heteroatoms. The van der Waals surface area contributed by atoms with Gasteiger partial charge in [0.2, 0.25) is 0 Å². The van der Waals surface area contributed by atoms with Gasteiger partial charge in [-0.3, -0.25) is 0 Å². The summed E-state index contributed by atoms with van der Waals surface area (Å²) in [6.07, 6.45) is 5.79. The van der Waals surface area contributed by atoms with Crippen LogP contribution < -0.4 is 5.32 Å². The largest absolute Gasteiger partial charge is 0.480 e. The van der Waals surface area contributed by atoms with Crippen LogP contribution in [0.25, 0.3) is 0 Å². The number of amides is 2. The minimum absolute atomic E-state index is 0.199. The van der Waals surface area contributed by atoms with Crippen LogP contribution in [0.4, 0.5) is 4.79 Å². The molecule has 1 atom stereocenters. The van der Waals surface area contributed by atoms with Crippen molar-refractivity contribution in [1.82, 2.24) is 10.2 Å². The fourth-order valence-electron chi connectivity index (χ4n) is 1.91. The number of urea groups is 1. The molecule has 2 heterocycles. The quantitative estimate of drug-likeness (QED) is 0.876. The van der Waals surface area contributed by atoms with Crippen molar-refractivity contribution in [3.05, 3.63) is 34.7 Å². The van der Waals surface area contributed by atoms with E-state index in [1.165, 1.54) is 12.5 Å². The van der Waals surface area contributed by atoms with E-state index in [1.54, 1.807) is 11.0 Å². The van der Waals surface area contributed by atoms with Gasteiger partial charge >= 0.3 is 12.0 Å². The average Bonchev–Trinajstić information content (AvgIpc) is 2.91. The number of aliphatic carboxylic acids is 1. The molecule has 1 unspecified atom stereocenters. The summed E-state index contributed by atoms with van der Waals surface area (Å²) in [4.78, 5) is 24.8. The Morgan fingerprint density at radius 3 is 2.90 bits per heavy atom. The third-order valence-electron chi connectivity index (χ3n) is 3.06. The molecule has 108 valence electrons. The van der Waals surface area contributed by atoms with E-state index < -0.39 is 12.0 Å². The van der Waals surface area contributed by atoms with Crippen LogP contribution in [0.2, 0.25) is 0 Å². The summed E-state index contributed by atoms with van der Waals surface area (Å²) in [6.45, 7) is 1.05. The normalized spacial score (nSPS) is 16.4. The van der Waals surface area contributed by atoms with Crippen molar-refractivity contribution in [3.63, 3.8) is 0 Å². The molecule has 0 bridgehead atoms. The second-order valence-electron chi connectivity index (χ2n) is 4.52. The van der Waals surface area contributed by atoms with Crippen molar-refractivity contribution in [3.8, 4) is 0 Å². The summed E-state index contributed by atoms with van der Waals surface area (Å²) in [5, 5.41) is 11.7. The van der Waals surface area contributed by atoms with Crippen LogP contribution in [-0.4, -0.2) is 41.1 Å². The number of halogens is 1. The lowest BCUT2D eigenvalue weighted by Gasteiger charge is -2.26. The van der Waals surface area contributed by atoms with Crippen LogP contribution >= 0.6 is 15.9 Å². The summed E-state index contributed by atoms with van der Waals surface area (Å²) in [5.74, 6) is -1.06. The SMILES string of the molecule is O=C(O)C(Cc1ccoc1)NC(=O)N1CC=C(Br)CC1. The van der Waals surface area contributed by atoms with E-state index in [1.807, 2.05) is 6.08 Å². The maximum Gasteiger partial charge on any atom is 0.326 e. The molecule has 2 rings (SSSR count). The molecule has 1 aromatic rings. The van der Waals surface area contributed by atoms with Gasteiger partial charge in [0, 0.05) is 19.5 Å². The van der Waals surface area contributed by atoms with Gasteiger partial charge in [-0.2, -0.15) is 0 Å². The Bertz CT molecular complexity index is 512. The van der Waals surface area contributed by atoms with Gasteiger partial charge in [0.15, 0.2) is 0 Å². The Balaban J connectivity index is 1.94. The number of carboxylic acid groups (broad SMARTS) is 1. The molecule has 1 aliphatic heterocycles. The summed E-state index contributed by atoms with van der Waals surface area (Å²) in [5.41, 5.74) is 0.735. The van der Waals surface area contributed by atoms with Crippen molar-refractivity contribution in [2.45, 2.75) is 18.9 Å².